The summed E-state index contributed by atoms with van der Waals surface area (Å²) in [7, 11) is 1.61. The molecule has 0 fully saturated rings. The smallest absolute Gasteiger partial charge is 0.383 e. The number of hydrogen-bond acceptors (Lipinski definition) is 5. The molecule has 0 amide bonds. The maximum absolute atomic E-state index is 11.8. The summed E-state index contributed by atoms with van der Waals surface area (Å²) in [5.74, 6) is 0. The van der Waals surface area contributed by atoms with Crippen molar-refractivity contribution in [2.45, 2.75) is 19.3 Å². The van der Waals surface area contributed by atoms with Gasteiger partial charge in [0.25, 0.3) is 0 Å². The van der Waals surface area contributed by atoms with Gasteiger partial charge < -0.3 is 14.8 Å². The molecule has 1 rings (SSSR count). The Morgan fingerprint density at radius 1 is 1.37 bits per heavy atom. The number of alkyl halides is 3. The quantitative estimate of drug-likeness (QED) is 0.672. The number of hydrogen-bond donors (Lipinski definition) is 1. The van der Waals surface area contributed by atoms with Crippen LogP contribution in [0.3, 0.4) is 0 Å². The van der Waals surface area contributed by atoms with Gasteiger partial charge >= 0.3 is 6.18 Å². The second-order valence-corrected chi connectivity index (χ2v) is 3.81. The average molecular weight is 282 g/mol. The molecular weight excluding hydrogens is 265 g/mol. The van der Waals surface area contributed by atoms with Gasteiger partial charge in [-0.1, -0.05) is 5.21 Å². The maximum Gasteiger partial charge on any atom is 0.411 e. The molecule has 0 saturated heterocycles. The second-order valence-electron chi connectivity index (χ2n) is 3.81. The molecular formula is C10H17F3N4O2. The van der Waals surface area contributed by atoms with E-state index in [1.807, 2.05) is 0 Å². The third-order valence-corrected chi connectivity index (χ3v) is 2.11. The Labute approximate surface area is 108 Å². The van der Waals surface area contributed by atoms with Crippen molar-refractivity contribution >= 4 is 0 Å². The molecule has 1 aromatic rings. The summed E-state index contributed by atoms with van der Waals surface area (Å²) < 4.78 is 46.2. The Kier molecular flexibility index (Phi) is 6.74. The zero-order valence-corrected chi connectivity index (χ0v) is 10.6. The first-order valence-corrected chi connectivity index (χ1v) is 5.74. The van der Waals surface area contributed by atoms with Crippen LogP contribution in [0.2, 0.25) is 0 Å². The van der Waals surface area contributed by atoms with Gasteiger partial charge in [-0.2, -0.15) is 13.2 Å². The van der Waals surface area contributed by atoms with Crippen LogP contribution in [0, 0.1) is 0 Å². The SMILES string of the molecule is COCCNCc1cn(CCOCC(F)(F)F)nn1. The Hall–Kier alpha value is -1.19. The van der Waals surface area contributed by atoms with Gasteiger partial charge in [-0.3, -0.25) is 0 Å². The van der Waals surface area contributed by atoms with E-state index in [4.69, 9.17) is 4.74 Å². The van der Waals surface area contributed by atoms with Gasteiger partial charge in [0.2, 0.25) is 0 Å². The van der Waals surface area contributed by atoms with Crippen LogP contribution >= 0.6 is 0 Å². The third-order valence-electron chi connectivity index (χ3n) is 2.11. The monoisotopic (exact) mass is 282 g/mol. The highest BCUT2D eigenvalue weighted by Gasteiger charge is 2.27. The lowest BCUT2D eigenvalue weighted by Crippen LogP contribution is -2.19. The minimum absolute atomic E-state index is 0.0561. The van der Waals surface area contributed by atoms with Crippen molar-refractivity contribution in [3.05, 3.63) is 11.9 Å². The Bertz CT molecular complexity index is 357. The summed E-state index contributed by atoms with van der Waals surface area (Å²) in [6.45, 7) is 0.762. The summed E-state index contributed by atoms with van der Waals surface area (Å²) in [5, 5.41) is 10.7. The molecule has 0 aliphatic rings. The van der Waals surface area contributed by atoms with E-state index in [-0.39, 0.29) is 13.2 Å². The maximum atomic E-state index is 11.8. The molecule has 19 heavy (non-hydrogen) atoms. The van der Waals surface area contributed by atoms with Crippen LogP contribution in [-0.4, -0.2) is 54.6 Å². The Morgan fingerprint density at radius 2 is 2.16 bits per heavy atom. The van der Waals surface area contributed by atoms with E-state index in [9.17, 15) is 13.2 Å². The van der Waals surface area contributed by atoms with Crippen LogP contribution in [0.15, 0.2) is 6.20 Å². The summed E-state index contributed by atoms with van der Waals surface area (Å²) in [5.41, 5.74) is 0.715. The van der Waals surface area contributed by atoms with Gasteiger partial charge in [0, 0.05) is 26.4 Å². The molecule has 6 nitrogen and oxygen atoms in total. The Balaban J connectivity index is 2.16. The van der Waals surface area contributed by atoms with Crippen molar-refractivity contribution in [3.63, 3.8) is 0 Å². The van der Waals surface area contributed by atoms with E-state index in [0.717, 1.165) is 0 Å². The van der Waals surface area contributed by atoms with E-state index in [1.165, 1.54) is 4.68 Å². The standard InChI is InChI=1S/C10H17F3N4O2/c1-18-4-2-14-6-9-7-17(16-15-9)3-5-19-8-10(11,12)13/h7,14H,2-6,8H2,1H3. The van der Waals surface area contributed by atoms with Crippen molar-refractivity contribution in [1.82, 2.24) is 20.3 Å². The number of ether oxygens (including phenoxy) is 2. The summed E-state index contributed by atoms with van der Waals surface area (Å²) in [6, 6.07) is 0. The molecule has 1 aromatic heterocycles. The fourth-order valence-corrected chi connectivity index (χ4v) is 1.27. The number of halogens is 3. The molecule has 0 aliphatic carbocycles. The van der Waals surface area contributed by atoms with Crippen LogP contribution < -0.4 is 5.32 Å². The van der Waals surface area contributed by atoms with Gasteiger partial charge in [-0.15, -0.1) is 5.10 Å². The summed E-state index contributed by atoms with van der Waals surface area (Å²) in [6.07, 6.45) is -2.63. The van der Waals surface area contributed by atoms with E-state index >= 15 is 0 Å². The lowest BCUT2D eigenvalue weighted by molar-refractivity contribution is -0.174. The molecule has 9 heteroatoms. The predicted molar refractivity (Wildman–Crippen MR) is 60.5 cm³/mol. The first kappa shape index (κ1) is 15.9. The van der Waals surface area contributed by atoms with Crippen molar-refractivity contribution in [2.24, 2.45) is 0 Å². The highest BCUT2D eigenvalue weighted by Crippen LogP contribution is 2.14. The molecule has 0 atom stereocenters. The fourth-order valence-electron chi connectivity index (χ4n) is 1.27. The van der Waals surface area contributed by atoms with Crippen molar-refractivity contribution in [2.75, 3.05) is 33.5 Å². The highest BCUT2D eigenvalue weighted by molar-refractivity contribution is 4.91. The van der Waals surface area contributed by atoms with E-state index in [2.05, 4.69) is 20.4 Å². The van der Waals surface area contributed by atoms with Crippen LogP contribution in [0.4, 0.5) is 13.2 Å². The van der Waals surface area contributed by atoms with Gasteiger partial charge in [0.05, 0.1) is 25.5 Å². The van der Waals surface area contributed by atoms with Crippen molar-refractivity contribution < 1.29 is 22.6 Å². The number of methoxy groups -OCH3 is 1. The normalized spacial score (nSPS) is 12.0. The predicted octanol–water partition coefficient (Wildman–Crippen LogP) is 0.593. The molecule has 0 unspecified atom stereocenters. The summed E-state index contributed by atoms with van der Waals surface area (Å²) in [4.78, 5) is 0. The fraction of sp³-hybridized carbons (Fsp3) is 0.800. The van der Waals surface area contributed by atoms with Gasteiger partial charge in [0.1, 0.15) is 6.61 Å². The Morgan fingerprint density at radius 3 is 2.84 bits per heavy atom. The molecule has 110 valence electrons. The number of rotatable bonds is 9. The lowest BCUT2D eigenvalue weighted by atomic mass is 10.4. The molecule has 0 radical (unpaired) electrons. The molecule has 0 saturated carbocycles. The number of aromatic nitrogens is 3. The van der Waals surface area contributed by atoms with Crippen LogP contribution in [0.5, 0.6) is 0 Å². The van der Waals surface area contributed by atoms with Crippen LogP contribution in [0.25, 0.3) is 0 Å². The van der Waals surface area contributed by atoms with Gasteiger partial charge in [0.15, 0.2) is 0 Å². The largest absolute Gasteiger partial charge is 0.411 e. The average Bonchev–Trinajstić information content (AvgIpc) is 2.77. The zero-order valence-electron chi connectivity index (χ0n) is 10.6. The van der Waals surface area contributed by atoms with E-state index < -0.39 is 12.8 Å². The number of nitrogens with zero attached hydrogens (tertiary/aromatic N) is 3. The minimum atomic E-state index is -4.29. The zero-order chi connectivity index (χ0) is 14.1. The molecule has 1 N–H and O–H groups in total. The second kappa shape index (κ2) is 8.08. The number of nitrogens with one attached hydrogen (secondary N) is 1. The van der Waals surface area contributed by atoms with Gasteiger partial charge in [-0.25, -0.2) is 4.68 Å². The highest BCUT2D eigenvalue weighted by atomic mass is 19.4. The van der Waals surface area contributed by atoms with Crippen LogP contribution in [0.1, 0.15) is 5.69 Å². The minimum Gasteiger partial charge on any atom is -0.383 e. The molecule has 0 aromatic carbocycles. The summed E-state index contributed by atoms with van der Waals surface area (Å²) >= 11 is 0. The van der Waals surface area contributed by atoms with E-state index in [1.54, 1.807) is 13.3 Å². The molecule has 0 spiro atoms. The third kappa shape index (κ3) is 7.75. The van der Waals surface area contributed by atoms with Crippen molar-refractivity contribution in [3.8, 4) is 0 Å². The van der Waals surface area contributed by atoms with Crippen molar-refractivity contribution in [1.29, 1.82) is 0 Å². The first-order chi connectivity index (χ1) is 9.01. The first-order valence-electron chi connectivity index (χ1n) is 5.74. The van der Waals surface area contributed by atoms with Crippen LogP contribution in [-0.2, 0) is 22.6 Å². The topological polar surface area (TPSA) is 61.2 Å². The lowest BCUT2D eigenvalue weighted by Gasteiger charge is -2.06. The molecule has 0 bridgehead atoms. The van der Waals surface area contributed by atoms with Gasteiger partial charge in [-0.05, 0) is 0 Å². The molecule has 1 heterocycles. The van der Waals surface area contributed by atoms with E-state index in [0.29, 0.717) is 25.4 Å². The molecule has 0 aliphatic heterocycles.